The van der Waals surface area contributed by atoms with Gasteiger partial charge in [-0.2, -0.15) is 10.1 Å². The van der Waals surface area contributed by atoms with Gasteiger partial charge >= 0.3 is 0 Å². The van der Waals surface area contributed by atoms with Gasteiger partial charge in [-0.05, 0) is 30.9 Å². The van der Waals surface area contributed by atoms with Gasteiger partial charge in [0.05, 0.1) is 24.9 Å². The minimum absolute atomic E-state index is 0.0559. The number of nitrogens with one attached hydrogen (secondary N) is 1. The van der Waals surface area contributed by atoms with Gasteiger partial charge in [-0.3, -0.25) is 4.79 Å². The number of aryl methyl sites for hydroxylation is 2. The topological polar surface area (TPSA) is 85.2 Å². The molecule has 8 nitrogen and oxygen atoms in total. The van der Waals surface area contributed by atoms with Crippen LogP contribution in [0.4, 0.5) is 11.8 Å². The van der Waals surface area contributed by atoms with Crippen molar-refractivity contribution in [1.82, 2.24) is 19.7 Å². The normalized spacial score (nSPS) is 22.0. The third kappa shape index (κ3) is 3.09. The lowest BCUT2D eigenvalue weighted by Gasteiger charge is -2.21. The molecule has 0 radical (unpaired) electrons. The number of rotatable bonds is 4. The maximum atomic E-state index is 12.5. The van der Waals surface area contributed by atoms with E-state index in [1.807, 2.05) is 25.1 Å². The number of fused-ring (bicyclic) bond motifs is 1. The van der Waals surface area contributed by atoms with E-state index in [0.717, 1.165) is 30.5 Å². The van der Waals surface area contributed by atoms with E-state index in [4.69, 9.17) is 4.74 Å². The first-order chi connectivity index (χ1) is 12.1. The van der Waals surface area contributed by atoms with E-state index in [1.54, 1.807) is 16.9 Å². The molecule has 4 rings (SSSR count). The van der Waals surface area contributed by atoms with Crippen molar-refractivity contribution < 1.29 is 4.74 Å². The molecule has 2 aromatic heterocycles. The molecule has 132 valence electrons. The molecule has 25 heavy (non-hydrogen) atoms. The maximum absolute atomic E-state index is 12.5. The third-order valence-corrected chi connectivity index (χ3v) is 4.72. The average molecular weight is 342 g/mol. The van der Waals surface area contributed by atoms with Crippen LogP contribution in [-0.4, -0.2) is 53.1 Å². The first-order valence-electron chi connectivity index (χ1n) is 8.58. The number of hydrogen-bond donors (Lipinski definition) is 1. The lowest BCUT2D eigenvalue weighted by atomic mass is 10.1. The lowest BCUT2D eigenvalue weighted by Crippen LogP contribution is -2.38. The summed E-state index contributed by atoms with van der Waals surface area (Å²) >= 11 is 0. The summed E-state index contributed by atoms with van der Waals surface area (Å²) in [6.07, 6.45) is 4.69. The van der Waals surface area contributed by atoms with Gasteiger partial charge < -0.3 is 15.0 Å². The molecule has 0 aromatic carbocycles. The highest BCUT2D eigenvalue weighted by molar-refractivity contribution is 5.41. The first-order valence-corrected chi connectivity index (χ1v) is 8.58. The highest BCUT2D eigenvalue weighted by Crippen LogP contribution is 2.23. The van der Waals surface area contributed by atoms with Crippen molar-refractivity contribution in [2.45, 2.75) is 31.3 Å². The lowest BCUT2D eigenvalue weighted by molar-refractivity contribution is 0.182. The van der Waals surface area contributed by atoms with Crippen LogP contribution in [-0.2, 0) is 17.6 Å². The summed E-state index contributed by atoms with van der Waals surface area (Å²) in [7, 11) is 3.79. The van der Waals surface area contributed by atoms with Crippen molar-refractivity contribution in [3.05, 3.63) is 39.9 Å². The van der Waals surface area contributed by atoms with Gasteiger partial charge in [0.15, 0.2) is 0 Å². The number of anilines is 2. The van der Waals surface area contributed by atoms with E-state index >= 15 is 0 Å². The Balaban J connectivity index is 1.59. The average Bonchev–Trinajstić information content (AvgIpc) is 3.23. The van der Waals surface area contributed by atoms with Crippen LogP contribution in [0.5, 0.6) is 0 Å². The van der Waals surface area contributed by atoms with E-state index in [0.29, 0.717) is 25.0 Å². The Morgan fingerprint density at radius 3 is 3.04 bits per heavy atom. The molecule has 3 heterocycles. The van der Waals surface area contributed by atoms with Gasteiger partial charge in [0.25, 0.3) is 5.56 Å². The summed E-state index contributed by atoms with van der Waals surface area (Å²) < 4.78 is 7.22. The van der Waals surface area contributed by atoms with Gasteiger partial charge in [0.1, 0.15) is 11.9 Å². The summed E-state index contributed by atoms with van der Waals surface area (Å²) in [4.78, 5) is 23.0. The minimum atomic E-state index is -0.142. The van der Waals surface area contributed by atoms with Crippen LogP contribution in [0.3, 0.4) is 0 Å². The SMILES string of the molecule is CN(C)c1nccc(NC2COCC2n2nc3c(cc2=O)CCC3)n1. The van der Waals surface area contributed by atoms with Gasteiger partial charge in [-0.1, -0.05) is 0 Å². The fraction of sp³-hybridized carbons (Fsp3) is 0.529. The molecule has 8 heteroatoms. The Labute approximate surface area is 145 Å². The fourth-order valence-electron chi connectivity index (χ4n) is 3.41. The summed E-state index contributed by atoms with van der Waals surface area (Å²) in [5, 5.41) is 7.99. The van der Waals surface area contributed by atoms with E-state index < -0.39 is 0 Å². The second kappa shape index (κ2) is 6.44. The predicted molar refractivity (Wildman–Crippen MR) is 94.1 cm³/mol. The van der Waals surface area contributed by atoms with E-state index in [2.05, 4.69) is 20.4 Å². The van der Waals surface area contributed by atoms with Crippen molar-refractivity contribution in [3.63, 3.8) is 0 Å². The minimum Gasteiger partial charge on any atom is -0.377 e. The Hall–Kier alpha value is -2.48. The largest absolute Gasteiger partial charge is 0.377 e. The Bertz CT molecular complexity index is 834. The predicted octanol–water partition coefficient (Wildman–Crippen LogP) is 0.640. The molecular formula is C17H22N6O2. The first kappa shape index (κ1) is 16.0. The molecule has 2 aromatic rings. The second-order valence-corrected chi connectivity index (χ2v) is 6.74. The Morgan fingerprint density at radius 2 is 2.20 bits per heavy atom. The molecule has 1 aliphatic heterocycles. The molecule has 2 atom stereocenters. The summed E-state index contributed by atoms with van der Waals surface area (Å²) in [5.74, 6) is 1.35. The maximum Gasteiger partial charge on any atom is 0.267 e. The molecule has 0 spiro atoms. The Kier molecular flexibility index (Phi) is 4.12. The smallest absolute Gasteiger partial charge is 0.267 e. The highest BCUT2D eigenvalue weighted by atomic mass is 16.5. The molecule has 0 saturated carbocycles. The second-order valence-electron chi connectivity index (χ2n) is 6.74. The van der Waals surface area contributed by atoms with Crippen molar-refractivity contribution in [3.8, 4) is 0 Å². The van der Waals surface area contributed by atoms with Gasteiger partial charge in [-0.15, -0.1) is 0 Å². The molecule has 0 bridgehead atoms. The molecule has 1 fully saturated rings. The standard InChI is InChI=1S/C17H22N6O2/c1-22(2)17-18-7-6-15(20-17)19-13-9-25-10-14(13)23-16(24)8-11-4-3-5-12(11)21-23/h6-8,13-14H,3-5,9-10H2,1-2H3,(H,18,19,20). The molecule has 2 aliphatic rings. The molecule has 1 saturated heterocycles. The highest BCUT2D eigenvalue weighted by Gasteiger charge is 2.32. The molecular weight excluding hydrogens is 320 g/mol. The van der Waals surface area contributed by atoms with E-state index in [1.165, 1.54) is 0 Å². The number of hydrogen-bond acceptors (Lipinski definition) is 7. The van der Waals surface area contributed by atoms with Gasteiger partial charge in [-0.25, -0.2) is 9.67 Å². The van der Waals surface area contributed by atoms with Crippen LogP contribution >= 0.6 is 0 Å². The van der Waals surface area contributed by atoms with Crippen molar-refractivity contribution in [2.75, 3.05) is 37.5 Å². The third-order valence-electron chi connectivity index (χ3n) is 4.72. The van der Waals surface area contributed by atoms with Crippen molar-refractivity contribution in [1.29, 1.82) is 0 Å². The van der Waals surface area contributed by atoms with Crippen LogP contribution < -0.4 is 15.8 Å². The van der Waals surface area contributed by atoms with E-state index in [-0.39, 0.29) is 17.6 Å². The molecule has 1 aliphatic carbocycles. The van der Waals surface area contributed by atoms with Gasteiger partial charge in [0.2, 0.25) is 5.95 Å². The van der Waals surface area contributed by atoms with Crippen molar-refractivity contribution in [2.24, 2.45) is 0 Å². The van der Waals surface area contributed by atoms with Crippen molar-refractivity contribution >= 4 is 11.8 Å². The molecule has 0 amide bonds. The number of aromatic nitrogens is 4. The quantitative estimate of drug-likeness (QED) is 0.873. The van der Waals surface area contributed by atoms with Crippen LogP contribution in [0, 0.1) is 0 Å². The van der Waals surface area contributed by atoms with Crippen LogP contribution in [0.1, 0.15) is 23.7 Å². The summed E-state index contributed by atoms with van der Waals surface area (Å²) in [6, 6.07) is 3.35. The zero-order valence-electron chi connectivity index (χ0n) is 14.5. The van der Waals surface area contributed by atoms with Crippen LogP contribution in [0.25, 0.3) is 0 Å². The zero-order chi connectivity index (χ0) is 17.4. The summed E-state index contributed by atoms with van der Waals surface area (Å²) in [6.45, 7) is 0.978. The number of nitrogens with zero attached hydrogens (tertiary/aromatic N) is 5. The van der Waals surface area contributed by atoms with Crippen LogP contribution in [0.15, 0.2) is 23.1 Å². The van der Waals surface area contributed by atoms with Crippen LogP contribution in [0.2, 0.25) is 0 Å². The number of ether oxygens (including phenoxy) is 1. The van der Waals surface area contributed by atoms with E-state index in [9.17, 15) is 4.79 Å². The fourth-order valence-corrected chi connectivity index (χ4v) is 3.41. The monoisotopic (exact) mass is 342 g/mol. The van der Waals surface area contributed by atoms with Gasteiger partial charge in [0, 0.05) is 26.4 Å². The summed E-state index contributed by atoms with van der Waals surface area (Å²) in [5.41, 5.74) is 2.08. The Morgan fingerprint density at radius 1 is 1.32 bits per heavy atom. The molecule has 2 unspecified atom stereocenters. The molecule has 1 N–H and O–H groups in total. The zero-order valence-corrected chi connectivity index (χ0v) is 14.5.